The van der Waals surface area contributed by atoms with Gasteiger partial charge in [0.25, 0.3) is 0 Å². The van der Waals surface area contributed by atoms with Crippen LogP contribution in [0.25, 0.3) is 0 Å². The predicted molar refractivity (Wildman–Crippen MR) is 121 cm³/mol. The van der Waals surface area contributed by atoms with Crippen LogP contribution in [0.1, 0.15) is 65.7 Å². The van der Waals surface area contributed by atoms with E-state index in [-0.39, 0.29) is 23.6 Å². The third-order valence-corrected chi connectivity index (χ3v) is 5.57. The van der Waals surface area contributed by atoms with Crippen LogP contribution in [-0.2, 0) is 9.53 Å². The predicted octanol–water partition coefficient (Wildman–Crippen LogP) is 3.84. The summed E-state index contributed by atoms with van der Waals surface area (Å²) in [5, 5.41) is 0. The van der Waals surface area contributed by atoms with Crippen molar-refractivity contribution in [1.29, 1.82) is 0 Å². The fourth-order valence-electron chi connectivity index (χ4n) is 3.75. The quantitative estimate of drug-likeness (QED) is 0.496. The zero-order valence-corrected chi connectivity index (χ0v) is 20.0. The van der Waals surface area contributed by atoms with Crippen LogP contribution in [0.4, 0.5) is 5.82 Å². The number of piperazine rings is 1. The monoisotopic (exact) mass is 417 g/mol. The maximum Gasteiger partial charge on any atom is 0.169 e. The summed E-state index contributed by atoms with van der Waals surface area (Å²) in [4.78, 5) is 33.7. The number of carbonyl (C=O) groups excluding carboxylic acids is 2. The zero-order chi connectivity index (χ0) is 22.7. The molecule has 168 valence electrons. The van der Waals surface area contributed by atoms with Gasteiger partial charge in [-0.3, -0.25) is 14.5 Å². The van der Waals surface area contributed by atoms with Crippen LogP contribution in [-0.4, -0.2) is 66.4 Å². The average Bonchev–Trinajstić information content (AvgIpc) is 2.63. The SMILES string of the molecule is C[C@@H]1CN(CCOCC(=O)C(C)(C)C)C[C@H](C)N1c1ccc(C(=O)C(C)(C)C)cn1. The Morgan fingerprint density at radius 3 is 2.10 bits per heavy atom. The fraction of sp³-hybridized carbons (Fsp3) is 0.708. The van der Waals surface area contributed by atoms with Crippen molar-refractivity contribution in [2.75, 3.05) is 37.7 Å². The molecule has 0 N–H and O–H groups in total. The number of ketones is 2. The molecule has 1 aliphatic rings. The minimum absolute atomic E-state index is 0.109. The molecule has 0 unspecified atom stereocenters. The Bertz CT molecular complexity index is 720. The van der Waals surface area contributed by atoms with Gasteiger partial charge in [-0.25, -0.2) is 4.98 Å². The van der Waals surface area contributed by atoms with E-state index in [1.165, 1.54) is 0 Å². The van der Waals surface area contributed by atoms with Crippen LogP contribution in [0.15, 0.2) is 18.3 Å². The number of ether oxygens (including phenoxy) is 1. The molecule has 1 fully saturated rings. The lowest BCUT2D eigenvalue weighted by molar-refractivity contribution is -0.131. The minimum Gasteiger partial charge on any atom is -0.372 e. The molecule has 1 aliphatic heterocycles. The highest BCUT2D eigenvalue weighted by atomic mass is 16.5. The summed E-state index contributed by atoms with van der Waals surface area (Å²) in [5.74, 6) is 1.15. The van der Waals surface area contributed by atoms with Gasteiger partial charge >= 0.3 is 0 Å². The second-order valence-electron chi connectivity index (χ2n) is 10.6. The lowest BCUT2D eigenvalue weighted by Crippen LogP contribution is -2.57. The molecular weight excluding hydrogens is 378 g/mol. The van der Waals surface area contributed by atoms with Crippen molar-refractivity contribution in [3.05, 3.63) is 23.9 Å². The molecule has 2 heterocycles. The van der Waals surface area contributed by atoms with Crippen molar-refractivity contribution in [2.24, 2.45) is 10.8 Å². The van der Waals surface area contributed by atoms with Crippen molar-refractivity contribution in [2.45, 2.75) is 67.5 Å². The number of hydrogen-bond acceptors (Lipinski definition) is 6. The molecule has 0 amide bonds. The Balaban J connectivity index is 1.90. The Kier molecular flexibility index (Phi) is 7.80. The number of nitrogens with zero attached hydrogens (tertiary/aromatic N) is 3. The molecule has 2 rings (SSSR count). The van der Waals surface area contributed by atoms with Crippen molar-refractivity contribution >= 4 is 17.4 Å². The highest BCUT2D eigenvalue weighted by Crippen LogP contribution is 2.25. The van der Waals surface area contributed by atoms with Crippen LogP contribution >= 0.6 is 0 Å². The molecule has 1 saturated heterocycles. The fourth-order valence-corrected chi connectivity index (χ4v) is 3.75. The van der Waals surface area contributed by atoms with Crippen LogP contribution in [0.2, 0.25) is 0 Å². The van der Waals surface area contributed by atoms with Crippen molar-refractivity contribution in [1.82, 2.24) is 9.88 Å². The number of aromatic nitrogens is 1. The smallest absolute Gasteiger partial charge is 0.169 e. The number of pyridine rings is 1. The molecule has 1 aromatic rings. The maximum atomic E-state index is 12.5. The molecule has 0 radical (unpaired) electrons. The van der Waals surface area contributed by atoms with E-state index in [1.807, 2.05) is 53.7 Å². The van der Waals surface area contributed by atoms with Gasteiger partial charge in [-0.1, -0.05) is 41.5 Å². The van der Waals surface area contributed by atoms with Crippen molar-refractivity contribution in [3.63, 3.8) is 0 Å². The molecule has 2 atom stereocenters. The lowest BCUT2D eigenvalue weighted by Gasteiger charge is -2.45. The van der Waals surface area contributed by atoms with Gasteiger partial charge in [-0.05, 0) is 26.0 Å². The first-order chi connectivity index (χ1) is 13.8. The van der Waals surface area contributed by atoms with Crippen molar-refractivity contribution in [3.8, 4) is 0 Å². The first-order valence-corrected chi connectivity index (χ1v) is 10.9. The summed E-state index contributed by atoms with van der Waals surface area (Å²) < 4.78 is 5.62. The van der Waals surface area contributed by atoms with Gasteiger partial charge < -0.3 is 9.64 Å². The average molecular weight is 418 g/mol. The van der Waals surface area contributed by atoms with E-state index in [4.69, 9.17) is 4.74 Å². The summed E-state index contributed by atoms with van der Waals surface area (Å²) in [6.07, 6.45) is 1.70. The van der Waals surface area contributed by atoms with E-state index in [0.717, 1.165) is 25.5 Å². The van der Waals surface area contributed by atoms with E-state index in [1.54, 1.807) is 6.20 Å². The van der Waals surface area contributed by atoms with Gasteiger partial charge in [0.2, 0.25) is 0 Å². The summed E-state index contributed by atoms with van der Waals surface area (Å²) in [6, 6.07) is 4.44. The van der Waals surface area contributed by atoms with E-state index < -0.39 is 5.41 Å². The first-order valence-electron chi connectivity index (χ1n) is 10.9. The molecular formula is C24H39N3O3. The minimum atomic E-state index is -0.408. The highest BCUT2D eigenvalue weighted by Gasteiger charge is 2.31. The number of anilines is 1. The zero-order valence-electron chi connectivity index (χ0n) is 20.0. The van der Waals surface area contributed by atoms with Gasteiger partial charge in [0.15, 0.2) is 11.6 Å². The topological polar surface area (TPSA) is 62.7 Å². The number of carbonyl (C=O) groups is 2. The molecule has 0 saturated carbocycles. The maximum absolute atomic E-state index is 12.5. The van der Waals surface area contributed by atoms with Gasteiger partial charge in [-0.2, -0.15) is 0 Å². The van der Waals surface area contributed by atoms with Gasteiger partial charge in [0, 0.05) is 54.3 Å². The second kappa shape index (κ2) is 9.56. The molecule has 0 bridgehead atoms. The van der Waals surface area contributed by atoms with E-state index in [9.17, 15) is 9.59 Å². The Labute approximate surface area is 182 Å². The highest BCUT2D eigenvalue weighted by molar-refractivity contribution is 5.99. The first kappa shape index (κ1) is 24.5. The summed E-state index contributed by atoms with van der Waals surface area (Å²) in [5.41, 5.74) is -0.101. The van der Waals surface area contributed by atoms with Gasteiger partial charge in [-0.15, -0.1) is 0 Å². The van der Waals surface area contributed by atoms with Crippen molar-refractivity contribution < 1.29 is 14.3 Å². The molecule has 6 heteroatoms. The lowest BCUT2D eigenvalue weighted by atomic mass is 9.87. The van der Waals surface area contributed by atoms with Gasteiger partial charge in [0.1, 0.15) is 12.4 Å². The number of hydrogen-bond donors (Lipinski definition) is 0. The molecule has 30 heavy (non-hydrogen) atoms. The van der Waals surface area contributed by atoms with E-state index >= 15 is 0 Å². The third kappa shape index (κ3) is 6.35. The number of rotatable bonds is 7. The Morgan fingerprint density at radius 2 is 1.63 bits per heavy atom. The molecule has 1 aromatic heterocycles. The Hall–Kier alpha value is -1.79. The molecule has 0 aromatic carbocycles. The third-order valence-electron chi connectivity index (χ3n) is 5.57. The largest absolute Gasteiger partial charge is 0.372 e. The van der Waals surface area contributed by atoms with Crippen LogP contribution in [0.3, 0.4) is 0 Å². The normalized spacial score (nSPS) is 21.0. The summed E-state index contributed by atoms with van der Waals surface area (Å²) in [7, 11) is 0. The molecule has 0 spiro atoms. The molecule has 6 nitrogen and oxygen atoms in total. The van der Waals surface area contributed by atoms with Crippen LogP contribution in [0, 0.1) is 10.8 Å². The Morgan fingerprint density at radius 1 is 1.03 bits per heavy atom. The van der Waals surface area contributed by atoms with E-state index in [2.05, 4.69) is 28.6 Å². The van der Waals surface area contributed by atoms with Crippen LogP contribution < -0.4 is 4.90 Å². The van der Waals surface area contributed by atoms with Gasteiger partial charge in [0.05, 0.1) is 6.61 Å². The molecule has 0 aliphatic carbocycles. The number of Topliss-reactive ketones (excluding diaryl/α,β-unsaturated/α-hetero) is 2. The van der Waals surface area contributed by atoms with E-state index in [0.29, 0.717) is 24.3 Å². The van der Waals surface area contributed by atoms with Crippen LogP contribution in [0.5, 0.6) is 0 Å². The standard InChI is InChI=1S/C24H39N3O3/c1-17-14-26(11-12-30-16-20(28)23(3,4)5)15-18(2)27(17)21-10-9-19(13-25-21)22(29)24(6,7)8/h9-10,13,17-18H,11-12,14-16H2,1-8H3/t17-,18+. The summed E-state index contributed by atoms with van der Waals surface area (Å²) in [6.45, 7) is 19.3. The second-order valence-corrected chi connectivity index (χ2v) is 10.6. The summed E-state index contributed by atoms with van der Waals surface area (Å²) >= 11 is 0.